The van der Waals surface area contributed by atoms with E-state index in [9.17, 15) is 39.1 Å². The predicted octanol–water partition coefficient (Wildman–Crippen LogP) is 14.8. The molecular formula is C54H72O10P2. The van der Waals surface area contributed by atoms with E-state index in [1.807, 2.05) is 105 Å². The van der Waals surface area contributed by atoms with Crippen molar-refractivity contribution in [1.82, 2.24) is 0 Å². The van der Waals surface area contributed by atoms with Crippen LogP contribution in [0.4, 0.5) is 0 Å². The Morgan fingerprint density at radius 3 is 1.14 bits per heavy atom. The molecule has 5 rings (SSSR count). The molecule has 66 heavy (non-hydrogen) atoms. The van der Waals surface area contributed by atoms with Crippen molar-refractivity contribution in [2.45, 2.75) is 157 Å². The fourth-order valence-corrected chi connectivity index (χ4v) is 10.6. The molecule has 5 aromatic rings. The first-order valence-corrected chi connectivity index (χ1v) is 25.4. The number of benzene rings is 5. The van der Waals surface area contributed by atoms with Gasteiger partial charge in [-0.15, -0.1) is 0 Å². The summed E-state index contributed by atoms with van der Waals surface area (Å²) in [5, 5.41) is 35.4. The van der Waals surface area contributed by atoms with Gasteiger partial charge in [-0.3, -0.25) is 4.89 Å². The lowest BCUT2D eigenvalue weighted by molar-refractivity contribution is 0.229. The Morgan fingerprint density at radius 2 is 0.773 bits per heavy atom. The van der Waals surface area contributed by atoms with Crippen LogP contribution < -0.4 is 4.52 Å². The molecule has 0 aromatic heterocycles. The Bertz CT molecular complexity index is 2770. The van der Waals surface area contributed by atoms with Crippen molar-refractivity contribution in [3.8, 4) is 67.5 Å². The molecule has 0 aliphatic rings. The Balaban J connectivity index is 2.06. The van der Waals surface area contributed by atoms with Crippen LogP contribution in [0.15, 0.2) is 72.8 Å². The maximum atomic E-state index is 13.5. The predicted molar refractivity (Wildman–Crippen MR) is 269 cm³/mol. The van der Waals surface area contributed by atoms with Gasteiger partial charge in [-0.05, 0) is 136 Å². The van der Waals surface area contributed by atoms with Crippen LogP contribution in [0.25, 0.3) is 44.5 Å². The summed E-state index contributed by atoms with van der Waals surface area (Å²) in [4.78, 5) is 30.2. The van der Waals surface area contributed by atoms with Gasteiger partial charge in [0, 0.05) is 5.56 Å². The van der Waals surface area contributed by atoms with E-state index in [0.717, 1.165) is 55.6 Å². The quantitative estimate of drug-likeness (QED) is 0.0822. The molecule has 0 spiro atoms. The van der Waals surface area contributed by atoms with Crippen LogP contribution in [0.5, 0.6) is 23.0 Å². The summed E-state index contributed by atoms with van der Waals surface area (Å²) < 4.78 is 35.4. The van der Waals surface area contributed by atoms with Crippen molar-refractivity contribution < 1.29 is 48.0 Å². The molecule has 0 amide bonds. The Morgan fingerprint density at radius 1 is 0.409 bits per heavy atom. The minimum Gasteiger partial charge on any atom is -0.508 e. The molecule has 0 aliphatic carbocycles. The summed E-state index contributed by atoms with van der Waals surface area (Å²) in [6, 6.07) is 22.0. The van der Waals surface area contributed by atoms with Crippen molar-refractivity contribution in [2.75, 3.05) is 0 Å². The van der Waals surface area contributed by atoms with Crippen LogP contribution in [0.2, 0.25) is 0 Å². The summed E-state index contributed by atoms with van der Waals surface area (Å²) in [5.74, 6) is -0.331. The SMILES string of the molecule is CC(C)(C)c1cc(-c2c(C(C)(C)C)ccc(-c3ccc(OP(=O)(O)OP(=O)(O)O)c(-c4ccc(C(C)(C)C)c(-c5ccc(O)c(C(C)(C)C)c5)c4C(C)(C)C)c3O)c2C(C)(C)C)ccc1O. The van der Waals surface area contributed by atoms with Gasteiger partial charge in [0.1, 0.15) is 23.0 Å². The minimum atomic E-state index is -5.55. The second-order valence-electron chi connectivity index (χ2n) is 23.8. The molecule has 12 heteroatoms. The number of phosphoric ester groups is 1. The molecule has 0 bridgehead atoms. The van der Waals surface area contributed by atoms with Crippen LogP contribution in [-0.2, 0) is 45.9 Å². The lowest BCUT2D eigenvalue weighted by Crippen LogP contribution is -2.21. The van der Waals surface area contributed by atoms with Crippen LogP contribution in [0, 0.1) is 0 Å². The highest BCUT2D eigenvalue weighted by Gasteiger charge is 2.39. The summed E-state index contributed by atoms with van der Waals surface area (Å²) >= 11 is 0. The second-order valence-corrected chi connectivity index (χ2v) is 26.5. The number of phosphoric acid groups is 2. The first-order valence-electron chi connectivity index (χ1n) is 22.3. The van der Waals surface area contributed by atoms with Gasteiger partial charge in [0.2, 0.25) is 0 Å². The summed E-state index contributed by atoms with van der Waals surface area (Å²) in [6.07, 6.45) is 0. The summed E-state index contributed by atoms with van der Waals surface area (Å²) in [5.41, 5.74) is 7.15. The van der Waals surface area contributed by atoms with Crippen LogP contribution in [0.3, 0.4) is 0 Å². The lowest BCUT2D eigenvalue weighted by atomic mass is 9.70. The van der Waals surface area contributed by atoms with Crippen molar-refractivity contribution in [1.29, 1.82) is 0 Å². The molecule has 0 heterocycles. The van der Waals surface area contributed by atoms with Crippen LogP contribution in [0.1, 0.15) is 158 Å². The standard InChI is InChI=1S/C54H72O10P2/c1-49(2,3)36-24-21-33(46(53(13,14)15)43(36)31-19-26-40(55)38(29-31)51(7,8)9)34-23-28-42(63-66(61,62)64-65(58,59)60)45(48(34)57)35-22-25-37(50(4,5)6)44(47(35)54(16,17)18)32-20-27-41(56)39(30-32)52(10,11)12/h19-30,55-57H,1-18H3,(H,61,62)(H2,58,59,60). The lowest BCUT2D eigenvalue weighted by Gasteiger charge is -2.34. The topological polar surface area (TPSA) is 174 Å². The van der Waals surface area contributed by atoms with Crippen LogP contribution >= 0.6 is 15.6 Å². The molecule has 0 saturated heterocycles. The molecule has 1 atom stereocenters. The maximum absolute atomic E-state index is 13.5. The van der Waals surface area contributed by atoms with E-state index in [2.05, 4.69) is 72.7 Å². The zero-order valence-corrected chi connectivity index (χ0v) is 43.9. The molecule has 0 saturated carbocycles. The van der Waals surface area contributed by atoms with Gasteiger partial charge in [-0.2, -0.15) is 4.31 Å². The first kappa shape index (κ1) is 52.6. The van der Waals surface area contributed by atoms with Crippen molar-refractivity contribution in [2.24, 2.45) is 0 Å². The molecule has 0 radical (unpaired) electrons. The number of phenolic OH excluding ortho intramolecular Hbond substituents is 3. The molecular weight excluding hydrogens is 871 g/mol. The smallest absolute Gasteiger partial charge is 0.508 e. The minimum absolute atomic E-state index is 0.00139. The largest absolute Gasteiger partial charge is 0.536 e. The third-order valence-corrected chi connectivity index (χ3v) is 13.9. The molecule has 6 N–H and O–H groups in total. The Kier molecular flexibility index (Phi) is 13.8. The van der Waals surface area contributed by atoms with Gasteiger partial charge < -0.3 is 29.6 Å². The van der Waals surface area contributed by atoms with E-state index in [-0.39, 0.29) is 39.4 Å². The van der Waals surface area contributed by atoms with Gasteiger partial charge in [0.05, 0.1) is 5.56 Å². The van der Waals surface area contributed by atoms with E-state index in [0.29, 0.717) is 16.7 Å². The Hall–Kier alpha value is -4.40. The van der Waals surface area contributed by atoms with E-state index >= 15 is 0 Å². The number of aromatic hydroxyl groups is 3. The molecule has 0 aliphatic heterocycles. The monoisotopic (exact) mass is 942 g/mol. The average Bonchev–Trinajstić information content (AvgIpc) is 3.10. The third kappa shape index (κ3) is 11.1. The average molecular weight is 943 g/mol. The van der Waals surface area contributed by atoms with Crippen molar-refractivity contribution in [3.63, 3.8) is 0 Å². The number of rotatable bonds is 8. The zero-order chi connectivity index (χ0) is 50.3. The van der Waals surface area contributed by atoms with Crippen LogP contribution in [-0.4, -0.2) is 30.0 Å². The highest BCUT2D eigenvalue weighted by atomic mass is 31.3. The molecule has 358 valence electrons. The highest BCUT2D eigenvalue weighted by Crippen LogP contribution is 2.61. The summed E-state index contributed by atoms with van der Waals surface area (Å²) in [7, 11) is -11.1. The van der Waals surface area contributed by atoms with E-state index in [1.54, 1.807) is 18.2 Å². The molecule has 0 fully saturated rings. The number of phenols is 3. The van der Waals surface area contributed by atoms with Gasteiger partial charge >= 0.3 is 15.6 Å². The van der Waals surface area contributed by atoms with E-state index < -0.39 is 37.3 Å². The summed E-state index contributed by atoms with van der Waals surface area (Å²) in [6.45, 7) is 37.3. The Labute approximate surface area is 393 Å². The van der Waals surface area contributed by atoms with Crippen molar-refractivity contribution >= 4 is 15.6 Å². The third-order valence-electron chi connectivity index (χ3n) is 11.8. The molecule has 10 nitrogen and oxygen atoms in total. The number of hydrogen-bond acceptors (Lipinski definition) is 7. The van der Waals surface area contributed by atoms with Gasteiger partial charge in [-0.25, -0.2) is 9.13 Å². The molecule has 5 aromatic carbocycles. The van der Waals surface area contributed by atoms with Gasteiger partial charge in [0.15, 0.2) is 0 Å². The van der Waals surface area contributed by atoms with E-state index in [1.165, 1.54) is 6.07 Å². The maximum Gasteiger partial charge on any atom is 0.536 e. The van der Waals surface area contributed by atoms with Gasteiger partial charge in [0.25, 0.3) is 0 Å². The highest BCUT2D eigenvalue weighted by molar-refractivity contribution is 7.60. The first-order chi connectivity index (χ1) is 29.6. The van der Waals surface area contributed by atoms with E-state index in [4.69, 9.17) is 4.52 Å². The van der Waals surface area contributed by atoms with Gasteiger partial charge in [-0.1, -0.05) is 161 Å². The van der Waals surface area contributed by atoms with Crippen molar-refractivity contribution in [3.05, 3.63) is 106 Å². The number of hydrogen-bond donors (Lipinski definition) is 6. The normalized spacial score (nSPS) is 14.3. The molecule has 1 unspecified atom stereocenters. The fourth-order valence-electron chi connectivity index (χ4n) is 9.03. The zero-order valence-electron chi connectivity index (χ0n) is 42.1. The fraction of sp³-hybridized carbons (Fsp3) is 0.444. The second kappa shape index (κ2) is 17.3.